The maximum Gasteiger partial charge on any atom is 0.290 e. The van der Waals surface area contributed by atoms with E-state index in [9.17, 15) is 9.90 Å². The van der Waals surface area contributed by atoms with Crippen molar-refractivity contribution in [2.75, 3.05) is 11.9 Å². The van der Waals surface area contributed by atoms with Crippen LogP contribution in [0.1, 0.15) is 12.1 Å². The third-order valence-corrected chi connectivity index (χ3v) is 4.56. The van der Waals surface area contributed by atoms with E-state index in [0.717, 1.165) is 21.8 Å². The van der Waals surface area contributed by atoms with Gasteiger partial charge in [0.1, 0.15) is 0 Å². The van der Waals surface area contributed by atoms with Gasteiger partial charge in [-0.05, 0) is 31.0 Å². The highest BCUT2D eigenvalue weighted by Gasteiger charge is 2.27. The zero-order chi connectivity index (χ0) is 17.5. The first-order valence-electron chi connectivity index (χ1n) is 7.35. The van der Waals surface area contributed by atoms with Crippen LogP contribution in [0, 0.1) is 6.92 Å². The Balaban J connectivity index is 0.000000647. The van der Waals surface area contributed by atoms with Crippen molar-refractivity contribution in [3.05, 3.63) is 35.5 Å². The molecule has 1 aromatic carbocycles. The first-order valence-corrected chi connectivity index (χ1v) is 8.23. The number of aryl methyl sites for hydroxylation is 1. The summed E-state index contributed by atoms with van der Waals surface area (Å²) in [4.78, 5) is 25.8. The fourth-order valence-electron chi connectivity index (χ4n) is 2.43. The molecule has 4 N–H and O–H groups in total. The number of thiazole rings is 1. The average Bonchev–Trinajstić information content (AvgIpc) is 3.17. The summed E-state index contributed by atoms with van der Waals surface area (Å²) in [7, 11) is 0. The number of hydrogen-bond acceptors (Lipinski definition) is 6. The van der Waals surface area contributed by atoms with Crippen LogP contribution in [0.2, 0.25) is 0 Å². The number of nitrogens with zero attached hydrogens (tertiary/aromatic N) is 1. The normalized spacial score (nSPS) is 19.2. The topological polar surface area (TPSA) is 112 Å². The van der Waals surface area contributed by atoms with E-state index in [1.807, 2.05) is 36.7 Å². The van der Waals surface area contributed by atoms with Crippen LogP contribution < -0.4 is 10.6 Å². The van der Waals surface area contributed by atoms with Gasteiger partial charge in [0, 0.05) is 12.2 Å². The fourth-order valence-corrected chi connectivity index (χ4v) is 3.24. The van der Waals surface area contributed by atoms with Crippen molar-refractivity contribution in [3.8, 4) is 10.4 Å². The van der Waals surface area contributed by atoms with Crippen LogP contribution in [0.5, 0.6) is 0 Å². The summed E-state index contributed by atoms with van der Waals surface area (Å²) in [5.41, 5.74) is 4.70. The number of anilines is 1. The lowest BCUT2D eigenvalue weighted by atomic mass is 10.1. The molecule has 0 saturated carbocycles. The summed E-state index contributed by atoms with van der Waals surface area (Å²) < 4.78 is 0. The Labute approximate surface area is 143 Å². The van der Waals surface area contributed by atoms with Crippen LogP contribution in [-0.4, -0.2) is 46.3 Å². The van der Waals surface area contributed by atoms with Gasteiger partial charge < -0.3 is 20.8 Å². The second kappa shape index (κ2) is 8.53. The first kappa shape index (κ1) is 18.1. The minimum absolute atomic E-state index is 0.103. The number of aromatic nitrogens is 1. The van der Waals surface area contributed by atoms with Crippen molar-refractivity contribution in [3.63, 3.8) is 0 Å². The van der Waals surface area contributed by atoms with Gasteiger partial charge in [0.05, 0.1) is 28.2 Å². The van der Waals surface area contributed by atoms with E-state index < -0.39 is 6.10 Å². The quantitative estimate of drug-likeness (QED) is 0.625. The van der Waals surface area contributed by atoms with Gasteiger partial charge in [-0.2, -0.15) is 0 Å². The SMILES string of the molecule is Cc1ncsc1-c1ccc(NC(=O)C2CC(O)CN2)cc1.O=CO. The summed E-state index contributed by atoms with van der Waals surface area (Å²) in [5, 5.41) is 22.2. The largest absolute Gasteiger partial charge is 0.483 e. The zero-order valence-corrected chi connectivity index (χ0v) is 13.9. The number of β-amino-alcohol motifs (C(OH)–C–C–N with tert-alkyl or cyclic N) is 1. The summed E-state index contributed by atoms with van der Waals surface area (Å²) >= 11 is 1.61. The van der Waals surface area contributed by atoms with E-state index in [4.69, 9.17) is 9.90 Å². The molecule has 0 spiro atoms. The molecule has 2 aromatic rings. The lowest BCUT2D eigenvalue weighted by Crippen LogP contribution is -2.35. The fraction of sp³-hybridized carbons (Fsp3) is 0.312. The summed E-state index contributed by atoms with van der Waals surface area (Å²) in [6, 6.07) is 7.42. The molecule has 2 heterocycles. The molecule has 1 aliphatic rings. The molecule has 1 aromatic heterocycles. The third-order valence-electron chi connectivity index (χ3n) is 3.58. The van der Waals surface area contributed by atoms with E-state index in [1.54, 1.807) is 11.3 Å². The molecule has 1 fully saturated rings. The summed E-state index contributed by atoms with van der Waals surface area (Å²) in [6.45, 7) is 2.21. The molecule has 2 unspecified atom stereocenters. The molecule has 2 atom stereocenters. The van der Waals surface area contributed by atoms with Gasteiger partial charge in [0.25, 0.3) is 6.47 Å². The lowest BCUT2D eigenvalue weighted by Gasteiger charge is -2.11. The second-order valence-corrected chi connectivity index (χ2v) is 6.14. The Morgan fingerprint density at radius 1 is 1.42 bits per heavy atom. The van der Waals surface area contributed by atoms with Gasteiger partial charge in [-0.1, -0.05) is 12.1 Å². The van der Waals surface area contributed by atoms with E-state index in [1.165, 1.54) is 0 Å². The summed E-state index contributed by atoms with van der Waals surface area (Å²) in [6.07, 6.45) is 0.0293. The van der Waals surface area contributed by atoms with E-state index in [-0.39, 0.29) is 18.4 Å². The minimum Gasteiger partial charge on any atom is -0.483 e. The molecule has 7 nitrogen and oxygen atoms in total. The molecule has 1 amide bonds. The highest BCUT2D eigenvalue weighted by Crippen LogP contribution is 2.28. The predicted octanol–water partition coefficient (Wildman–Crippen LogP) is 1.48. The molecule has 128 valence electrons. The van der Waals surface area contributed by atoms with Crippen molar-refractivity contribution in [2.45, 2.75) is 25.5 Å². The third kappa shape index (κ3) is 4.60. The molecule has 3 rings (SSSR count). The molecular formula is C16H19N3O4S. The summed E-state index contributed by atoms with van der Waals surface area (Å²) in [5.74, 6) is -0.103. The van der Waals surface area contributed by atoms with E-state index >= 15 is 0 Å². The number of aliphatic hydroxyl groups excluding tert-OH is 1. The Bertz CT molecular complexity index is 687. The van der Waals surface area contributed by atoms with Crippen LogP contribution in [0.4, 0.5) is 5.69 Å². The molecule has 0 radical (unpaired) electrons. The molecular weight excluding hydrogens is 330 g/mol. The number of carbonyl (C=O) groups is 2. The number of hydrogen-bond donors (Lipinski definition) is 4. The van der Waals surface area contributed by atoms with Crippen LogP contribution in [0.3, 0.4) is 0 Å². The van der Waals surface area contributed by atoms with Crippen LogP contribution in [-0.2, 0) is 9.59 Å². The minimum atomic E-state index is -0.433. The Morgan fingerprint density at radius 2 is 2.08 bits per heavy atom. The van der Waals surface area contributed by atoms with Gasteiger partial charge in [0.15, 0.2) is 0 Å². The van der Waals surface area contributed by atoms with Gasteiger partial charge in [-0.15, -0.1) is 11.3 Å². The van der Waals surface area contributed by atoms with Crippen LogP contribution >= 0.6 is 11.3 Å². The van der Waals surface area contributed by atoms with E-state index in [2.05, 4.69) is 15.6 Å². The Morgan fingerprint density at radius 3 is 2.58 bits per heavy atom. The Kier molecular flexibility index (Phi) is 6.42. The number of rotatable bonds is 3. The van der Waals surface area contributed by atoms with Crippen molar-refractivity contribution in [1.82, 2.24) is 10.3 Å². The predicted molar refractivity (Wildman–Crippen MR) is 92.0 cm³/mol. The molecule has 0 aliphatic carbocycles. The van der Waals surface area contributed by atoms with Gasteiger partial charge in [0.2, 0.25) is 5.91 Å². The Hall–Kier alpha value is -2.29. The molecule has 24 heavy (non-hydrogen) atoms. The number of aliphatic hydroxyl groups is 1. The lowest BCUT2D eigenvalue weighted by molar-refractivity contribution is -0.123. The maximum atomic E-state index is 12.0. The number of benzene rings is 1. The van der Waals surface area contributed by atoms with E-state index in [0.29, 0.717) is 13.0 Å². The van der Waals surface area contributed by atoms with Crippen LogP contribution in [0.25, 0.3) is 10.4 Å². The van der Waals surface area contributed by atoms with Crippen molar-refractivity contribution in [1.29, 1.82) is 0 Å². The van der Waals surface area contributed by atoms with Crippen LogP contribution in [0.15, 0.2) is 29.8 Å². The van der Waals surface area contributed by atoms with Crippen molar-refractivity contribution < 1.29 is 19.8 Å². The number of carboxylic acid groups (broad SMARTS) is 1. The smallest absolute Gasteiger partial charge is 0.290 e. The highest BCUT2D eigenvalue weighted by molar-refractivity contribution is 7.13. The second-order valence-electron chi connectivity index (χ2n) is 5.29. The molecule has 8 heteroatoms. The number of carbonyl (C=O) groups excluding carboxylic acids is 1. The molecule has 0 bridgehead atoms. The zero-order valence-electron chi connectivity index (χ0n) is 13.1. The van der Waals surface area contributed by atoms with Gasteiger partial charge in [-0.25, -0.2) is 4.98 Å². The van der Waals surface area contributed by atoms with Crippen molar-refractivity contribution >= 4 is 29.4 Å². The standard InChI is InChI=1S/C15H17N3O2S.CH2O2/c1-9-14(21-8-17-9)10-2-4-11(5-3-10)18-15(20)13-6-12(19)7-16-13;2-1-3/h2-5,8,12-13,16,19H,6-7H2,1H3,(H,18,20);1H,(H,2,3). The maximum absolute atomic E-state index is 12.0. The highest BCUT2D eigenvalue weighted by atomic mass is 32.1. The number of amides is 1. The first-order chi connectivity index (χ1) is 11.5. The molecule has 1 saturated heterocycles. The van der Waals surface area contributed by atoms with Gasteiger partial charge in [-0.3, -0.25) is 9.59 Å². The molecule has 1 aliphatic heterocycles. The monoisotopic (exact) mass is 349 g/mol. The van der Waals surface area contributed by atoms with Gasteiger partial charge >= 0.3 is 0 Å². The van der Waals surface area contributed by atoms with Crippen molar-refractivity contribution in [2.24, 2.45) is 0 Å². The average molecular weight is 349 g/mol. The number of nitrogens with one attached hydrogen (secondary N) is 2.